The summed E-state index contributed by atoms with van der Waals surface area (Å²) >= 11 is 1.94. The molecule has 0 aliphatic carbocycles. The van der Waals surface area contributed by atoms with Gasteiger partial charge in [-0.3, -0.25) is 0 Å². The van der Waals surface area contributed by atoms with Crippen LogP contribution < -0.4 is 5.32 Å². The van der Waals surface area contributed by atoms with Crippen LogP contribution in [0, 0.1) is 0 Å². The van der Waals surface area contributed by atoms with Crippen molar-refractivity contribution in [3.63, 3.8) is 0 Å². The second kappa shape index (κ2) is 6.95. The van der Waals surface area contributed by atoms with Crippen LogP contribution in [0.2, 0.25) is 0 Å². The van der Waals surface area contributed by atoms with Gasteiger partial charge < -0.3 is 10.4 Å². The second-order valence-corrected chi connectivity index (χ2v) is 4.56. The second-order valence-electron chi connectivity index (χ2n) is 2.88. The lowest BCUT2D eigenvalue weighted by atomic mass is 10.2. The highest BCUT2D eigenvalue weighted by Crippen LogP contribution is 2.11. The van der Waals surface area contributed by atoms with Crippen molar-refractivity contribution in [2.45, 2.75) is 31.6 Å². The van der Waals surface area contributed by atoms with Crippen LogP contribution in [0.4, 0.5) is 0 Å². The van der Waals surface area contributed by atoms with E-state index in [4.69, 9.17) is 5.11 Å². The summed E-state index contributed by atoms with van der Waals surface area (Å²) in [5.74, 6) is 1.13. The first-order valence-corrected chi connectivity index (χ1v) is 5.15. The Morgan fingerprint density at radius 1 is 1.45 bits per heavy atom. The van der Waals surface area contributed by atoms with Crippen LogP contribution in [0.1, 0.15) is 20.3 Å². The Balaban J connectivity index is 3.21. The zero-order valence-electron chi connectivity index (χ0n) is 7.63. The summed E-state index contributed by atoms with van der Waals surface area (Å²) in [5, 5.41) is 12.6. The van der Waals surface area contributed by atoms with E-state index >= 15 is 0 Å². The van der Waals surface area contributed by atoms with E-state index in [1.54, 1.807) is 0 Å². The maximum atomic E-state index is 8.82. The van der Waals surface area contributed by atoms with E-state index in [9.17, 15) is 0 Å². The molecule has 2 nitrogen and oxygen atoms in total. The van der Waals surface area contributed by atoms with Gasteiger partial charge in [0.1, 0.15) is 0 Å². The number of nitrogens with one attached hydrogen (secondary N) is 1. The molecule has 0 bridgehead atoms. The topological polar surface area (TPSA) is 32.3 Å². The van der Waals surface area contributed by atoms with Crippen LogP contribution >= 0.6 is 11.8 Å². The number of aliphatic hydroxyl groups excluding tert-OH is 1. The number of thioether (sulfide) groups is 1. The van der Waals surface area contributed by atoms with Gasteiger partial charge in [-0.05, 0) is 24.5 Å². The third-order valence-corrected chi connectivity index (χ3v) is 2.68. The lowest BCUT2D eigenvalue weighted by Crippen LogP contribution is -2.29. The molecule has 0 fully saturated rings. The first-order chi connectivity index (χ1) is 5.20. The zero-order chi connectivity index (χ0) is 8.69. The van der Waals surface area contributed by atoms with Crippen LogP contribution in [-0.4, -0.2) is 35.8 Å². The molecule has 0 aromatic rings. The molecule has 0 saturated heterocycles. The lowest BCUT2D eigenvalue weighted by Gasteiger charge is -2.12. The molecular formula is C8H19NOS. The van der Waals surface area contributed by atoms with Gasteiger partial charge in [-0.25, -0.2) is 0 Å². The van der Waals surface area contributed by atoms with Gasteiger partial charge in [0.15, 0.2) is 0 Å². The van der Waals surface area contributed by atoms with Gasteiger partial charge in [0.05, 0.1) is 6.61 Å². The molecule has 0 heterocycles. The highest BCUT2D eigenvalue weighted by atomic mass is 32.2. The molecule has 11 heavy (non-hydrogen) atoms. The molecule has 0 radical (unpaired) electrons. The standard InChI is InChI=1S/C8H19NOS/c1-7(2)11-5-4-8(6-10)9-3/h7-10H,4-6H2,1-3H3. The largest absolute Gasteiger partial charge is 0.395 e. The third-order valence-electron chi connectivity index (χ3n) is 1.55. The summed E-state index contributed by atoms with van der Waals surface area (Å²) < 4.78 is 0. The fourth-order valence-electron chi connectivity index (χ4n) is 0.773. The third kappa shape index (κ3) is 6.66. The Hall–Kier alpha value is 0.270. The minimum absolute atomic E-state index is 0.245. The van der Waals surface area contributed by atoms with Crippen molar-refractivity contribution in [3.8, 4) is 0 Å². The first-order valence-electron chi connectivity index (χ1n) is 4.10. The van der Waals surface area contributed by atoms with Crippen molar-refractivity contribution >= 4 is 11.8 Å². The van der Waals surface area contributed by atoms with Gasteiger partial charge in [-0.1, -0.05) is 13.8 Å². The quantitative estimate of drug-likeness (QED) is 0.637. The first kappa shape index (κ1) is 11.3. The molecule has 0 spiro atoms. The predicted molar refractivity (Wildman–Crippen MR) is 52.1 cm³/mol. The average molecular weight is 177 g/mol. The van der Waals surface area contributed by atoms with Crippen molar-refractivity contribution in [3.05, 3.63) is 0 Å². The van der Waals surface area contributed by atoms with E-state index in [0.29, 0.717) is 5.25 Å². The van der Waals surface area contributed by atoms with Crippen molar-refractivity contribution in [1.82, 2.24) is 5.32 Å². The van der Waals surface area contributed by atoms with Gasteiger partial charge in [0.25, 0.3) is 0 Å². The summed E-state index contributed by atoms with van der Waals surface area (Å²) in [6, 6.07) is 0.279. The normalized spacial score (nSPS) is 13.9. The molecule has 0 saturated carbocycles. The summed E-state index contributed by atoms with van der Waals surface area (Å²) in [6.07, 6.45) is 1.05. The molecule has 0 rings (SSSR count). The van der Waals surface area contributed by atoms with E-state index in [-0.39, 0.29) is 12.6 Å². The predicted octanol–water partition coefficient (Wildman–Crippen LogP) is 1.10. The Bertz CT molecular complexity index is 84.2. The van der Waals surface area contributed by atoms with Gasteiger partial charge >= 0.3 is 0 Å². The summed E-state index contributed by atoms with van der Waals surface area (Å²) in [7, 11) is 1.89. The molecule has 0 aromatic heterocycles. The maximum absolute atomic E-state index is 8.82. The van der Waals surface area contributed by atoms with E-state index in [1.807, 2.05) is 18.8 Å². The molecule has 0 aliphatic rings. The number of hydrogen-bond acceptors (Lipinski definition) is 3. The minimum atomic E-state index is 0.245. The molecular weight excluding hydrogens is 158 g/mol. The Morgan fingerprint density at radius 3 is 2.45 bits per heavy atom. The van der Waals surface area contributed by atoms with Gasteiger partial charge in [-0.15, -0.1) is 0 Å². The summed E-state index contributed by atoms with van der Waals surface area (Å²) in [6.45, 7) is 4.63. The van der Waals surface area contributed by atoms with Gasteiger partial charge in [0, 0.05) is 6.04 Å². The Morgan fingerprint density at radius 2 is 2.09 bits per heavy atom. The molecule has 1 unspecified atom stereocenters. The number of hydrogen-bond donors (Lipinski definition) is 2. The molecule has 2 N–H and O–H groups in total. The van der Waals surface area contributed by atoms with E-state index in [0.717, 1.165) is 12.2 Å². The number of likely N-dealkylation sites (N-methyl/N-ethyl adjacent to an activating group) is 1. The highest BCUT2D eigenvalue weighted by molar-refractivity contribution is 7.99. The molecule has 0 aromatic carbocycles. The lowest BCUT2D eigenvalue weighted by molar-refractivity contribution is 0.246. The monoisotopic (exact) mass is 177 g/mol. The Kier molecular flexibility index (Phi) is 7.12. The smallest absolute Gasteiger partial charge is 0.0584 e. The molecule has 68 valence electrons. The zero-order valence-corrected chi connectivity index (χ0v) is 8.45. The van der Waals surface area contributed by atoms with Crippen molar-refractivity contribution < 1.29 is 5.11 Å². The average Bonchev–Trinajstić information content (AvgIpc) is 1.98. The van der Waals surface area contributed by atoms with Gasteiger partial charge in [0.2, 0.25) is 0 Å². The molecule has 0 amide bonds. The van der Waals surface area contributed by atoms with Crippen LogP contribution in [0.3, 0.4) is 0 Å². The molecule has 1 atom stereocenters. The summed E-state index contributed by atoms with van der Waals surface area (Å²) in [4.78, 5) is 0. The molecule has 0 aliphatic heterocycles. The maximum Gasteiger partial charge on any atom is 0.0584 e. The van der Waals surface area contributed by atoms with E-state index < -0.39 is 0 Å². The minimum Gasteiger partial charge on any atom is -0.395 e. The van der Waals surface area contributed by atoms with Crippen LogP contribution in [0.25, 0.3) is 0 Å². The van der Waals surface area contributed by atoms with Crippen LogP contribution in [0.15, 0.2) is 0 Å². The van der Waals surface area contributed by atoms with Crippen molar-refractivity contribution in [2.24, 2.45) is 0 Å². The Labute approximate surface area is 73.8 Å². The fraction of sp³-hybridized carbons (Fsp3) is 1.00. The molecule has 3 heteroatoms. The van der Waals surface area contributed by atoms with Crippen LogP contribution in [-0.2, 0) is 0 Å². The van der Waals surface area contributed by atoms with Gasteiger partial charge in [-0.2, -0.15) is 11.8 Å². The highest BCUT2D eigenvalue weighted by Gasteiger charge is 2.03. The summed E-state index contributed by atoms with van der Waals surface area (Å²) in [5.41, 5.74) is 0. The van der Waals surface area contributed by atoms with Crippen molar-refractivity contribution in [1.29, 1.82) is 0 Å². The van der Waals surface area contributed by atoms with E-state index in [2.05, 4.69) is 19.2 Å². The fourth-order valence-corrected chi connectivity index (χ4v) is 1.66. The SMILES string of the molecule is CNC(CO)CCSC(C)C. The van der Waals surface area contributed by atoms with Crippen LogP contribution in [0.5, 0.6) is 0 Å². The van der Waals surface area contributed by atoms with E-state index in [1.165, 1.54) is 0 Å². The van der Waals surface area contributed by atoms with Crippen molar-refractivity contribution in [2.75, 3.05) is 19.4 Å². The number of aliphatic hydroxyl groups is 1. The number of rotatable bonds is 6.